The molecule has 0 spiro atoms. The van der Waals surface area contributed by atoms with Crippen molar-refractivity contribution in [1.82, 2.24) is 9.38 Å². The quantitative estimate of drug-likeness (QED) is 0.665. The van der Waals surface area contributed by atoms with E-state index in [4.69, 9.17) is 4.98 Å². The van der Waals surface area contributed by atoms with Crippen molar-refractivity contribution < 1.29 is 0 Å². The zero-order valence-corrected chi connectivity index (χ0v) is 15.7. The van der Waals surface area contributed by atoms with E-state index in [9.17, 15) is 0 Å². The van der Waals surface area contributed by atoms with Crippen molar-refractivity contribution in [3.63, 3.8) is 0 Å². The molecule has 0 amide bonds. The summed E-state index contributed by atoms with van der Waals surface area (Å²) < 4.78 is 2.20. The zero-order valence-electron chi connectivity index (χ0n) is 15.7. The van der Waals surface area contributed by atoms with Crippen LogP contribution in [0.4, 0.5) is 5.82 Å². The molecule has 3 nitrogen and oxygen atoms in total. The smallest absolute Gasteiger partial charge is 0.138 e. The lowest BCUT2D eigenvalue weighted by Crippen LogP contribution is -2.36. The van der Waals surface area contributed by atoms with Crippen LogP contribution < -0.4 is 5.32 Å². The summed E-state index contributed by atoms with van der Waals surface area (Å²) in [5, 5.41) is 3.79. The molecule has 2 aromatic heterocycles. The summed E-state index contributed by atoms with van der Waals surface area (Å²) in [7, 11) is 0. The van der Waals surface area contributed by atoms with Gasteiger partial charge in [-0.3, -0.25) is 4.40 Å². The van der Waals surface area contributed by atoms with Crippen molar-refractivity contribution in [2.24, 2.45) is 5.41 Å². The highest BCUT2D eigenvalue weighted by Crippen LogP contribution is 2.31. The van der Waals surface area contributed by atoms with E-state index in [0.717, 1.165) is 18.5 Å². The number of nitrogens with one attached hydrogen (secondary N) is 1. The van der Waals surface area contributed by atoms with E-state index >= 15 is 0 Å². The minimum Gasteiger partial charge on any atom is -0.365 e. The van der Waals surface area contributed by atoms with E-state index < -0.39 is 0 Å². The molecule has 1 N–H and O–H groups in total. The number of hydrogen-bond acceptors (Lipinski definition) is 2. The van der Waals surface area contributed by atoms with Gasteiger partial charge >= 0.3 is 0 Å². The van der Waals surface area contributed by atoms with E-state index in [1.54, 1.807) is 0 Å². The van der Waals surface area contributed by atoms with Gasteiger partial charge in [0.25, 0.3) is 0 Å². The molecule has 2 heterocycles. The van der Waals surface area contributed by atoms with Gasteiger partial charge < -0.3 is 5.32 Å². The van der Waals surface area contributed by atoms with Gasteiger partial charge in [-0.25, -0.2) is 4.98 Å². The van der Waals surface area contributed by atoms with Crippen LogP contribution in [0.15, 0.2) is 24.4 Å². The molecule has 2 aromatic rings. The maximum Gasteiger partial charge on any atom is 0.138 e. The van der Waals surface area contributed by atoms with Gasteiger partial charge in [0.2, 0.25) is 0 Å². The van der Waals surface area contributed by atoms with Crippen LogP contribution in [0, 0.1) is 5.41 Å². The number of pyridine rings is 1. The number of aromatic nitrogens is 2. The summed E-state index contributed by atoms with van der Waals surface area (Å²) in [5.41, 5.74) is 2.56. The van der Waals surface area contributed by atoms with Gasteiger partial charge in [0.15, 0.2) is 0 Å². The number of aryl methyl sites for hydroxylation is 1. The Hall–Kier alpha value is -1.51. The monoisotopic (exact) mass is 315 g/mol. The van der Waals surface area contributed by atoms with Gasteiger partial charge in [-0.15, -0.1) is 0 Å². The van der Waals surface area contributed by atoms with Crippen LogP contribution >= 0.6 is 0 Å². The zero-order chi connectivity index (χ0) is 17.1. The normalized spacial score (nSPS) is 12.8. The van der Waals surface area contributed by atoms with E-state index in [2.05, 4.69) is 75.7 Å². The first-order valence-corrected chi connectivity index (χ1v) is 8.96. The molecule has 0 atom stereocenters. The molecule has 0 bridgehead atoms. The lowest BCUT2D eigenvalue weighted by atomic mass is 9.82. The number of imidazole rings is 1. The number of rotatable bonds is 7. The van der Waals surface area contributed by atoms with Crippen molar-refractivity contribution in [2.75, 3.05) is 5.32 Å². The molecule has 2 rings (SSSR count). The molecule has 23 heavy (non-hydrogen) atoms. The lowest BCUT2D eigenvalue weighted by molar-refractivity contribution is 0.301. The Kier molecular flexibility index (Phi) is 5.38. The fourth-order valence-electron chi connectivity index (χ4n) is 3.58. The Morgan fingerprint density at radius 1 is 1.09 bits per heavy atom. The Morgan fingerprint density at radius 2 is 1.83 bits per heavy atom. The highest BCUT2D eigenvalue weighted by Gasteiger charge is 2.27. The molecule has 0 radical (unpaired) electrons. The Morgan fingerprint density at radius 3 is 2.48 bits per heavy atom. The van der Waals surface area contributed by atoms with Gasteiger partial charge in [-0.2, -0.15) is 0 Å². The van der Waals surface area contributed by atoms with Gasteiger partial charge in [0, 0.05) is 11.7 Å². The molecular formula is C20H33N3. The summed E-state index contributed by atoms with van der Waals surface area (Å²) in [6, 6.07) is 6.22. The molecule has 0 saturated carbocycles. The van der Waals surface area contributed by atoms with Crippen LogP contribution in [0.3, 0.4) is 0 Å². The first kappa shape index (κ1) is 17.8. The average Bonchev–Trinajstić information content (AvgIpc) is 2.74. The van der Waals surface area contributed by atoms with Crippen molar-refractivity contribution in [3.8, 4) is 0 Å². The van der Waals surface area contributed by atoms with Gasteiger partial charge in [0.1, 0.15) is 11.5 Å². The second-order valence-electron chi connectivity index (χ2n) is 8.54. The molecule has 128 valence electrons. The summed E-state index contributed by atoms with van der Waals surface area (Å²) in [6.07, 6.45) is 7.97. The largest absolute Gasteiger partial charge is 0.365 e. The third kappa shape index (κ3) is 4.98. The maximum atomic E-state index is 4.87. The Balaban J connectivity index is 2.31. The van der Waals surface area contributed by atoms with E-state index in [0.29, 0.717) is 5.41 Å². The van der Waals surface area contributed by atoms with Crippen LogP contribution in [0.1, 0.15) is 72.9 Å². The van der Waals surface area contributed by atoms with Crippen LogP contribution in [0.5, 0.6) is 0 Å². The molecule has 0 aliphatic rings. The van der Waals surface area contributed by atoms with Crippen molar-refractivity contribution >= 4 is 11.5 Å². The number of anilines is 1. The van der Waals surface area contributed by atoms with Gasteiger partial charge in [-0.1, -0.05) is 46.6 Å². The summed E-state index contributed by atoms with van der Waals surface area (Å²) in [5.74, 6) is 1.17. The van der Waals surface area contributed by atoms with E-state index in [1.165, 1.54) is 30.8 Å². The number of fused-ring (bicyclic) bond motifs is 1. The second-order valence-corrected chi connectivity index (χ2v) is 8.54. The second kappa shape index (κ2) is 6.94. The Labute approximate surface area is 141 Å². The van der Waals surface area contributed by atoms with Crippen LogP contribution in [0.25, 0.3) is 5.65 Å². The standard InChI is InChI=1S/C20H33N3/c1-7-8-9-12-16-18(22-20(5,6)15-19(2,3)4)23-14-11-10-13-17(23)21-16/h10-11,13-14,22H,7-9,12,15H2,1-6H3. The highest BCUT2D eigenvalue weighted by molar-refractivity contribution is 5.56. The minimum absolute atomic E-state index is 0.0313. The van der Waals surface area contributed by atoms with Crippen LogP contribution in [-0.2, 0) is 6.42 Å². The SMILES string of the molecule is CCCCCc1nc2ccccn2c1NC(C)(C)CC(C)(C)C. The predicted octanol–water partition coefficient (Wildman–Crippen LogP) is 5.69. The predicted molar refractivity (Wildman–Crippen MR) is 100 cm³/mol. The fraction of sp³-hybridized carbons (Fsp3) is 0.650. The summed E-state index contributed by atoms with van der Waals surface area (Å²) >= 11 is 0. The summed E-state index contributed by atoms with van der Waals surface area (Å²) in [6.45, 7) is 13.7. The molecule has 0 aliphatic carbocycles. The first-order valence-electron chi connectivity index (χ1n) is 8.96. The summed E-state index contributed by atoms with van der Waals surface area (Å²) in [4.78, 5) is 4.87. The molecule has 0 aromatic carbocycles. The fourth-order valence-corrected chi connectivity index (χ4v) is 3.58. The highest BCUT2D eigenvalue weighted by atomic mass is 15.2. The molecule has 3 heteroatoms. The van der Waals surface area contributed by atoms with Crippen molar-refractivity contribution in [3.05, 3.63) is 30.1 Å². The Bertz CT molecular complexity index is 632. The first-order chi connectivity index (χ1) is 10.7. The molecule has 0 saturated heterocycles. The van der Waals surface area contributed by atoms with Crippen molar-refractivity contribution in [2.45, 2.75) is 79.2 Å². The number of hydrogen-bond donors (Lipinski definition) is 1. The molecular weight excluding hydrogens is 282 g/mol. The maximum absolute atomic E-state index is 4.87. The lowest BCUT2D eigenvalue weighted by Gasteiger charge is -2.34. The van der Waals surface area contributed by atoms with Crippen LogP contribution in [0.2, 0.25) is 0 Å². The van der Waals surface area contributed by atoms with E-state index in [1.807, 2.05) is 0 Å². The number of unbranched alkanes of at least 4 members (excludes halogenated alkanes) is 2. The number of nitrogens with zero attached hydrogens (tertiary/aromatic N) is 2. The topological polar surface area (TPSA) is 29.3 Å². The van der Waals surface area contributed by atoms with Gasteiger partial charge in [-0.05, 0) is 50.7 Å². The molecule has 0 aliphatic heterocycles. The van der Waals surface area contributed by atoms with Crippen molar-refractivity contribution in [1.29, 1.82) is 0 Å². The molecule has 0 fully saturated rings. The third-order valence-corrected chi connectivity index (χ3v) is 4.05. The van der Waals surface area contributed by atoms with E-state index in [-0.39, 0.29) is 5.54 Å². The minimum atomic E-state index is 0.0313. The van der Waals surface area contributed by atoms with Gasteiger partial charge in [0.05, 0.1) is 5.69 Å². The molecule has 0 unspecified atom stereocenters. The van der Waals surface area contributed by atoms with Crippen LogP contribution in [-0.4, -0.2) is 14.9 Å². The average molecular weight is 316 g/mol. The third-order valence-electron chi connectivity index (χ3n) is 4.05.